The Bertz CT molecular complexity index is 459. The van der Waals surface area contributed by atoms with Crippen molar-refractivity contribution in [3.8, 4) is 0 Å². The second-order valence-electron chi connectivity index (χ2n) is 5.52. The van der Waals surface area contributed by atoms with E-state index in [1.54, 1.807) is 13.8 Å². The number of aromatic amines is 1. The number of aromatic nitrogens is 2. The first kappa shape index (κ1) is 31.4. The third kappa shape index (κ3) is 14.6. The van der Waals surface area contributed by atoms with Crippen molar-refractivity contribution in [3.05, 3.63) is 17.5 Å². The van der Waals surface area contributed by atoms with Crippen molar-refractivity contribution >= 4 is 11.9 Å². The van der Waals surface area contributed by atoms with E-state index >= 15 is 0 Å². The van der Waals surface area contributed by atoms with E-state index in [1.807, 2.05) is 19.9 Å². The summed E-state index contributed by atoms with van der Waals surface area (Å²) in [6, 6.07) is 2.00. The van der Waals surface area contributed by atoms with Gasteiger partial charge in [-0.2, -0.15) is 5.10 Å². The van der Waals surface area contributed by atoms with Gasteiger partial charge in [0, 0.05) is 5.69 Å². The monoisotopic (exact) mass is 397 g/mol. The van der Waals surface area contributed by atoms with Gasteiger partial charge in [0.05, 0.1) is 17.6 Å². The van der Waals surface area contributed by atoms with E-state index in [2.05, 4.69) is 10.2 Å². The minimum Gasteiger partial charge on any atom is -2.00 e. The molecule has 143 valence electrons. The topological polar surface area (TPSA) is 178 Å². The zero-order chi connectivity index (χ0) is 18.8. The van der Waals surface area contributed by atoms with Gasteiger partial charge in [0.1, 0.15) is 11.2 Å². The molecule has 0 spiro atoms. The van der Waals surface area contributed by atoms with Crippen LogP contribution in [0.4, 0.5) is 0 Å². The maximum atomic E-state index is 9.89. The van der Waals surface area contributed by atoms with Crippen molar-refractivity contribution < 1.29 is 54.0 Å². The van der Waals surface area contributed by atoms with Crippen LogP contribution < -0.4 is 10.2 Å². The van der Waals surface area contributed by atoms with Crippen molar-refractivity contribution in [2.45, 2.75) is 65.6 Å². The number of hydrogen-bond donors (Lipinski definition) is 3. The molecule has 0 fully saturated rings. The van der Waals surface area contributed by atoms with Crippen LogP contribution in [0.5, 0.6) is 0 Å². The van der Waals surface area contributed by atoms with Crippen LogP contribution in [0.2, 0.25) is 0 Å². The number of aliphatic carboxylic acids is 2. The van der Waals surface area contributed by atoms with Gasteiger partial charge >= 0.3 is 18.6 Å². The van der Waals surface area contributed by atoms with Crippen molar-refractivity contribution in [2.75, 3.05) is 0 Å². The van der Waals surface area contributed by atoms with Gasteiger partial charge in [-0.15, -0.1) is 0 Å². The first-order valence-electron chi connectivity index (χ1n) is 7.16. The summed E-state index contributed by atoms with van der Waals surface area (Å²) >= 11 is 0. The van der Waals surface area contributed by atoms with Crippen LogP contribution in [0, 0.1) is 13.8 Å². The van der Waals surface area contributed by atoms with E-state index in [4.69, 9.17) is 10.2 Å². The fourth-order valence-corrected chi connectivity index (χ4v) is 0.843. The predicted octanol–water partition coefficient (Wildman–Crippen LogP) is -1.30. The van der Waals surface area contributed by atoms with Crippen LogP contribution in [0.1, 0.15) is 51.9 Å². The van der Waals surface area contributed by atoms with Gasteiger partial charge in [-0.3, -0.25) is 5.10 Å². The first-order chi connectivity index (χ1) is 10.3. The molecule has 0 aromatic carbocycles. The maximum Gasteiger partial charge on any atom is 4.00 e. The molecule has 1 rings (SSSR count). The summed E-state index contributed by atoms with van der Waals surface area (Å²) < 4.78 is 0. The van der Waals surface area contributed by atoms with Gasteiger partial charge in [-0.05, 0) is 46.6 Å². The van der Waals surface area contributed by atoms with E-state index < -0.39 is 23.1 Å². The molecule has 0 aliphatic heterocycles. The van der Waals surface area contributed by atoms with Crippen LogP contribution in [0.3, 0.4) is 0 Å². The van der Waals surface area contributed by atoms with Crippen LogP contribution in [0.25, 0.3) is 0 Å². The molecule has 1 radical (unpaired) electrons. The number of carboxylic acids is 2. The predicted molar refractivity (Wildman–Crippen MR) is 80.6 cm³/mol. The molecule has 25 heavy (non-hydrogen) atoms. The number of aliphatic hydroxyl groups is 2. The average molecular weight is 397 g/mol. The number of hydrogen-bond acceptors (Lipinski definition) is 7. The van der Waals surface area contributed by atoms with E-state index in [1.165, 1.54) is 13.8 Å². The standard InChI is InChI=1S/C5H8N2.2C5H10O3.O.V/c1-4-3-5(2)7-6-4;2*1-3-5(2,8)4(6)7;;/h3H,1-2H3,(H,6,7);2*8H,3H2,1-2H3,(H,6,7);;/q;;;-2;+4/p-2/t;2*5-;;/m.10../s1. The largest absolute Gasteiger partial charge is 4.00 e. The van der Waals surface area contributed by atoms with Crippen molar-refractivity contribution in [2.24, 2.45) is 0 Å². The molecule has 0 bridgehead atoms. The molecular formula is C15H26N2O7V. The van der Waals surface area contributed by atoms with Crippen LogP contribution in [-0.2, 0) is 33.6 Å². The van der Waals surface area contributed by atoms with Gasteiger partial charge in [-0.25, -0.2) is 0 Å². The number of carbonyl (C=O) groups is 2. The Morgan fingerprint density at radius 3 is 1.44 bits per heavy atom. The summed E-state index contributed by atoms with van der Waals surface area (Å²) in [4.78, 5) is 19.8. The molecule has 2 atom stereocenters. The summed E-state index contributed by atoms with van der Waals surface area (Å²) in [5, 5.41) is 44.0. The number of carbonyl (C=O) groups excluding carboxylic acids is 2. The second kappa shape index (κ2) is 13.9. The Kier molecular flexibility index (Phi) is 17.4. The van der Waals surface area contributed by atoms with Crippen LogP contribution in [0.15, 0.2) is 6.07 Å². The van der Waals surface area contributed by atoms with Gasteiger partial charge < -0.3 is 35.5 Å². The number of nitrogens with one attached hydrogen (secondary N) is 1. The number of aryl methyl sites for hydroxylation is 2. The molecule has 0 unspecified atom stereocenters. The van der Waals surface area contributed by atoms with E-state index in [-0.39, 0.29) is 36.9 Å². The molecule has 1 aromatic heterocycles. The van der Waals surface area contributed by atoms with E-state index in [9.17, 15) is 19.8 Å². The number of rotatable bonds is 4. The zero-order valence-corrected chi connectivity index (χ0v) is 16.7. The maximum absolute atomic E-state index is 9.89. The molecule has 1 heterocycles. The van der Waals surface area contributed by atoms with Crippen LogP contribution >= 0.6 is 0 Å². The normalized spacial score (nSPS) is 13.8. The minimum absolute atomic E-state index is 0. The minimum atomic E-state index is -1.65. The molecule has 9 nitrogen and oxygen atoms in total. The summed E-state index contributed by atoms with van der Waals surface area (Å²) in [5.41, 5.74) is -1.13. The third-order valence-electron chi connectivity index (χ3n) is 3.09. The Balaban J connectivity index is -0.000000127. The fraction of sp³-hybridized carbons (Fsp3) is 0.667. The summed E-state index contributed by atoms with van der Waals surface area (Å²) in [5.74, 6) is -2.83. The van der Waals surface area contributed by atoms with Crippen molar-refractivity contribution in [3.63, 3.8) is 0 Å². The van der Waals surface area contributed by atoms with Gasteiger partial charge in [0.2, 0.25) is 0 Å². The Morgan fingerprint density at radius 2 is 1.40 bits per heavy atom. The molecule has 3 N–H and O–H groups in total. The molecule has 0 saturated carbocycles. The van der Waals surface area contributed by atoms with Gasteiger partial charge in [0.25, 0.3) is 0 Å². The first-order valence-corrected chi connectivity index (χ1v) is 7.16. The Labute approximate surface area is 159 Å². The van der Waals surface area contributed by atoms with Crippen molar-refractivity contribution in [1.82, 2.24) is 10.2 Å². The van der Waals surface area contributed by atoms with E-state index in [0.29, 0.717) is 0 Å². The van der Waals surface area contributed by atoms with Crippen molar-refractivity contribution in [1.29, 1.82) is 0 Å². The second-order valence-corrected chi connectivity index (χ2v) is 5.52. The molecule has 10 heteroatoms. The molecule has 0 aliphatic carbocycles. The van der Waals surface area contributed by atoms with Gasteiger partial charge in [0.15, 0.2) is 0 Å². The quantitative estimate of drug-likeness (QED) is 0.565. The summed E-state index contributed by atoms with van der Waals surface area (Å²) in [6.07, 6.45) is 0.352. The Morgan fingerprint density at radius 1 is 1.08 bits per heavy atom. The average Bonchev–Trinajstić information content (AvgIpc) is 2.83. The number of nitrogens with zero attached hydrogens (tertiary/aromatic N) is 1. The third-order valence-corrected chi connectivity index (χ3v) is 3.09. The van der Waals surface area contributed by atoms with Crippen LogP contribution in [-0.4, -0.2) is 43.6 Å². The SMILES string of the molecule is CC[C@@](C)(O)C(=O)[O-].CC[C@](C)(O)C(=O)[O-].Cc1cc(C)[nH]n1.[O-2].[V+4]. The Hall–Kier alpha value is -1.39. The van der Waals surface area contributed by atoms with E-state index in [0.717, 1.165) is 11.4 Å². The molecular weight excluding hydrogens is 371 g/mol. The summed E-state index contributed by atoms with van der Waals surface area (Å²) in [7, 11) is 0. The molecule has 0 aliphatic rings. The smallest absolute Gasteiger partial charge is 2.00 e. The molecule has 0 saturated heterocycles. The summed E-state index contributed by atoms with van der Waals surface area (Å²) in [6.45, 7) is 9.53. The molecule has 0 amide bonds. The fourth-order valence-electron chi connectivity index (χ4n) is 0.843. The number of carboxylic acid groups (broad SMARTS) is 2. The van der Waals surface area contributed by atoms with Gasteiger partial charge in [-0.1, -0.05) is 13.8 Å². The molecule has 1 aromatic rings. The number of H-pyrrole nitrogens is 1. The zero-order valence-electron chi connectivity index (χ0n) is 15.3.